The molecule has 24 unspecified atom stereocenters. The summed E-state index contributed by atoms with van der Waals surface area (Å²) < 4.78 is 5.99. The number of carbonyl (C=O) groups excluding carboxylic acids is 4. The van der Waals surface area contributed by atoms with E-state index in [1.165, 1.54) is 89.9 Å². The lowest BCUT2D eigenvalue weighted by atomic mass is 9.79. The summed E-state index contributed by atoms with van der Waals surface area (Å²) in [5.74, 6) is 10.2. The Balaban J connectivity index is 3.86. The Kier molecular flexibility index (Phi) is 59.6. The minimum Gasteiger partial charge on any atom is -0.463 e. The van der Waals surface area contributed by atoms with Gasteiger partial charge < -0.3 is 30.5 Å². The Morgan fingerprint density at radius 3 is 1.39 bits per heavy atom. The van der Waals surface area contributed by atoms with Gasteiger partial charge in [0.25, 0.3) is 0 Å². The van der Waals surface area contributed by atoms with Gasteiger partial charge >= 0.3 is 5.97 Å². The molecule has 0 bridgehead atoms. The predicted molar refractivity (Wildman–Crippen MR) is 492 cm³/mol. The number of esters is 1. The highest BCUT2D eigenvalue weighted by atomic mass is 16.5. The van der Waals surface area contributed by atoms with Crippen LogP contribution in [-0.2, 0) is 23.9 Å². The summed E-state index contributed by atoms with van der Waals surface area (Å²) in [5, 5.41) is 10.9. The number of piperazine rings is 1. The van der Waals surface area contributed by atoms with E-state index in [4.69, 9.17) is 4.74 Å². The minimum atomic E-state index is -0.0813. The van der Waals surface area contributed by atoms with Gasteiger partial charge in [-0.15, -0.1) is 0 Å². The number of nitrogens with zero attached hydrogens (tertiary/aromatic N) is 4. The van der Waals surface area contributed by atoms with Crippen molar-refractivity contribution in [2.24, 2.45) is 124 Å². The molecule has 1 heterocycles. The average Bonchev–Trinajstić information content (AvgIpc) is 0.849. The normalized spacial score (nSPS) is 19.9. The van der Waals surface area contributed by atoms with Gasteiger partial charge in [-0.1, -0.05) is 250 Å². The molecule has 0 spiro atoms. The van der Waals surface area contributed by atoms with E-state index in [9.17, 15) is 19.2 Å². The summed E-state index contributed by atoms with van der Waals surface area (Å²) in [6.45, 7) is 81.1. The van der Waals surface area contributed by atoms with Crippen molar-refractivity contribution in [3.8, 4) is 0 Å². The Bertz CT molecular complexity index is 2360. The summed E-state index contributed by atoms with van der Waals surface area (Å²) in [6.07, 6.45) is 32.6. The van der Waals surface area contributed by atoms with E-state index in [0.29, 0.717) is 126 Å². The highest BCUT2D eigenvalue weighted by Gasteiger charge is 2.34. The Labute approximate surface area is 706 Å². The molecule has 0 radical (unpaired) electrons. The number of unbranched alkanes of at least 4 members (excludes halogenated alkanes) is 3. The Morgan fingerprint density at radius 1 is 0.372 bits per heavy atom. The second-order valence-corrected chi connectivity index (χ2v) is 42.0. The van der Waals surface area contributed by atoms with Gasteiger partial charge in [0.1, 0.15) is 0 Å². The largest absolute Gasteiger partial charge is 0.463 e. The van der Waals surface area contributed by atoms with Crippen molar-refractivity contribution >= 4 is 23.7 Å². The fourth-order valence-corrected chi connectivity index (χ4v) is 20.5. The van der Waals surface area contributed by atoms with E-state index < -0.39 is 0 Å². The quantitative estimate of drug-likeness (QED) is 0.0510. The molecule has 1 aliphatic rings. The van der Waals surface area contributed by atoms with E-state index in [0.717, 1.165) is 155 Å². The molecule has 12 nitrogen and oxygen atoms in total. The summed E-state index contributed by atoms with van der Waals surface area (Å²) >= 11 is 0. The standard InChI is InChI=1S/C101H201N7O5/c1-31-37-40-75(12)43-45-95(46-44-78(15)53-72(7)8)101(112)104-89(26)58-84(21)68-106(71-94(36-6)93(30)107-51-49-105(50-52-107)67-85(22)60-92(29)113-98(109)64-79(16)54-73(9)10)69-86(23)70-108(90(27)47-48-102-99(110)96(61-80(17)55-74(11)34-4)62-81(18)56-76(13)41-38-32-2)91(28)59-83(20)66-103-100(111)97(65-88(25)87(24)35-5)63-82(19)57-77(14)42-39-33-3/h72-97H,31-71H2,1-30H3,(H,102,110)(H,103,111)(H,104,112). The van der Waals surface area contributed by atoms with Crippen molar-refractivity contribution in [1.29, 1.82) is 0 Å². The van der Waals surface area contributed by atoms with Crippen molar-refractivity contribution in [2.75, 3.05) is 72.0 Å². The lowest BCUT2D eigenvalue weighted by Crippen LogP contribution is -2.53. The Morgan fingerprint density at radius 2 is 0.867 bits per heavy atom. The minimum absolute atomic E-state index is 0.0205. The number of ether oxygens (including phenoxy) is 1. The third-order valence-electron chi connectivity index (χ3n) is 27.5. The first-order valence-electron chi connectivity index (χ1n) is 49.3. The first kappa shape index (κ1) is 109. The fourth-order valence-electron chi connectivity index (χ4n) is 20.5. The molecule has 1 aliphatic heterocycles. The van der Waals surface area contributed by atoms with Gasteiger partial charge in [-0.2, -0.15) is 0 Å². The molecule has 0 aliphatic carbocycles. The number of amides is 3. The molecule has 3 amide bonds. The van der Waals surface area contributed by atoms with E-state index >= 15 is 0 Å². The van der Waals surface area contributed by atoms with Crippen LogP contribution in [0.3, 0.4) is 0 Å². The number of nitrogens with one attached hydrogen (secondary N) is 3. The molecular formula is C101H201N7O5. The monoisotopic (exact) mass is 1590 g/mol. The van der Waals surface area contributed by atoms with E-state index in [-0.39, 0.29) is 71.6 Å². The van der Waals surface area contributed by atoms with Gasteiger partial charge in [0.15, 0.2) is 0 Å². The van der Waals surface area contributed by atoms with Crippen LogP contribution in [0.25, 0.3) is 0 Å². The maximum atomic E-state index is 14.8. The second kappa shape index (κ2) is 61.9. The van der Waals surface area contributed by atoms with Gasteiger partial charge in [-0.3, -0.25) is 29.0 Å². The molecule has 0 aromatic rings. The van der Waals surface area contributed by atoms with Crippen molar-refractivity contribution < 1.29 is 23.9 Å². The zero-order valence-electron chi connectivity index (χ0n) is 81.3. The van der Waals surface area contributed by atoms with Crippen molar-refractivity contribution in [1.82, 2.24) is 35.6 Å². The van der Waals surface area contributed by atoms with Gasteiger partial charge in [0, 0.05) is 120 Å². The second-order valence-electron chi connectivity index (χ2n) is 42.0. The number of rotatable bonds is 69. The van der Waals surface area contributed by atoms with Crippen LogP contribution < -0.4 is 16.0 Å². The zero-order valence-corrected chi connectivity index (χ0v) is 81.3. The molecule has 0 saturated carbocycles. The van der Waals surface area contributed by atoms with Crippen LogP contribution >= 0.6 is 0 Å². The van der Waals surface area contributed by atoms with Crippen LogP contribution in [0.4, 0.5) is 0 Å². The molecule has 113 heavy (non-hydrogen) atoms. The third kappa shape index (κ3) is 50.5. The molecule has 1 saturated heterocycles. The van der Waals surface area contributed by atoms with Crippen molar-refractivity contribution in [3.63, 3.8) is 0 Å². The summed E-state index contributed by atoms with van der Waals surface area (Å²) in [6, 6.07) is 0.974. The van der Waals surface area contributed by atoms with Gasteiger partial charge in [-0.05, 0) is 250 Å². The van der Waals surface area contributed by atoms with Gasteiger partial charge in [0.2, 0.25) is 17.7 Å². The van der Waals surface area contributed by atoms with Gasteiger partial charge in [0.05, 0.1) is 6.10 Å². The molecule has 24 atom stereocenters. The van der Waals surface area contributed by atoms with Crippen LogP contribution in [-0.4, -0.2) is 146 Å². The van der Waals surface area contributed by atoms with Gasteiger partial charge in [-0.25, -0.2) is 0 Å². The smallest absolute Gasteiger partial charge is 0.306 e. The van der Waals surface area contributed by atoms with Crippen molar-refractivity contribution in [3.05, 3.63) is 0 Å². The zero-order chi connectivity index (χ0) is 85.4. The molecule has 0 aromatic heterocycles. The third-order valence-corrected chi connectivity index (χ3v) is 27.5. The van der Waals surface area contributed by atoms with E-state index in [1.54, 1.807) is 0 Å². The first-order valence-corrected chi connectivity index (χ1v) is 49.3. The van der Waals surface area contributed by atoms with Crippen LogP contribution in [0, 0.1) is 124 Å². The van der Waals surface area contributed by atoms with E-state index in [2.05, 4.69) is 243 Å². The summed E-state index contributed by atoms with van der Waals surface area (Å²) in [5.41, 5.74) is 0. The Hall–Kier alpha value is -2.28. The fraction of sp³-hybridized carbons (Fsp3) is 0.960. The maximum Gasteiger partial charge on any atom is 0.306 e. The average molecular weight is 1590 g/mol. The van der Waals surface area contributed by atoms with Crippen LogP contribution in [0.15, 0.2) is 0 Å². The van der Waals surface area contributed by atoms with Crippen LogP contribution in [0.2, 0.25) is 0 Å². The molecule has 670 valence electrons. The molecular weight excluding hydrogens is 1390 g/mol. The van der Waals surface area contributed by atoms with Crippen LogP contribution in [0.5, 0.6) is 0 Å². The summed E-state index contributed by atoms with van der Waals surface area (Å²) in [7, 11) is 0. The highest BCUT2D eigenvalue weighted by molar-refractivity contribution is 5.79. The van der Waals surface area contributed by atoms with Crippen LogP contribution in [0.1, 0.15) is 400 Å². The highest BCUT2D eigenvalue weighted by Crippen LogP contribution is 2.34. The molecule has 1 rings (SSSR count). The first-order chi connectivity index (χ1) is 53.3. The summed E-state index contributed by atoms with van der Waals surface area (Å²) in [4.78, 5) is 68.1. The predicted octanol–water partition coefficient (Wildman–Crippen LogP) is 25.2. The van der Waals surface area contributed by atoms with Crippen molar-refractivity contribution in [2.45, 2.75) is 431 Å². The lowest BCUT2D eigenvalue weighted by Gasteiger charge is -2.43. The maximum absolute atomic E-state index is 14.8. The number of carbonyl (C=O) groups is 4. The lowest BCUT2D eigenvalue weighted by molar-refractivity contribution is -0.150. The number of hydrogen-bond acceptors (Lipinski definition) is 9. The van der Waals surface area contributed by atoms with E-state index in [1.807, 2.05) is 0 Å². The SMILES string of the molecule is CCCCC(C)CCC(CCC(C)CC(C)C)C(=O)NC(C)CC(C)CN(CC(C)CN(C(C)CCNC(=O)C(CC(C)CC(C)CC)CC(C)CC(C)CCCC)C(C)CC(C)CNC(=O)C(CC(C)CC(C)CCCC)CC(C)C(C)CC)CC(CC)C(C)N1CCN(CC(C)CC(C)OC(=O)CC(C)CC(C)C)CC1. The molecule has 12 heteroatoms. The number of hydrogen-bond donors (Lipinski definition) is 3. The molecule has 3 N–H and O–H groups in total. The molecule has 1 fully saturated rings. The topological polar surface area (TPSA) is 127 Å². The molecule has 0 aromatic carbocycles.